The minimum Gasteiger partial charge on any atom is -0.507 e. The summed E-state index contributed by atoms with van der Waals surface area (Å²) in [5.74, 6) is -2.78. The highest BCUT2D eigenvalue weighted by molar-refractivity contribution is 6.32. The SMILES string of the molecule is Cc1cc(Oc2c(C(F)(F)F)oc3c(C[NH+](C)Cc4ccccc4)c(O)ccc3c2=O)cc(C)c1Cl. The molecule has 0 saturated carbocycles. The molecule has 1 unspecified atom stereocenters. The van der Waals surface area contributed by atoms with Gasteiger partial charge in [0.05, 0.1) is 18.0 Å². The lowest BCUT2D eigenvalue weighted by Gasteiger charge is -2.18. The van der Waals surface area contributed by atoms with Gasteiger partial charge in [-0.1, -0.05) is 41.9 Å². The number of hydrogen-bond acceptors (Lipinski definition) is 4. The molecule has 0 saturated heterocycles. The van der Waals surface area contributed by atoms with E-state index in [0.29, 0.717) is 22.7 Å². The van der Waals surface area contributed by atoms with Crippen LogP contribution in [0.15, 0.2) is 63.8 Å². The number of aromatic hydroxyl groups is 1. The summed E-state index contributed by atoms with van der Waals surface area (Å²) in [4.78, 5) is 14.1. The number of quaternary nitrogens is 1. The summed E-state index contributed by atoms with van der Waals surface area (Å²) >= 11 is 6.15. The number of aryl methyl sites for hydroxylation is 2. The number of nitrogens with one attached hydrogen (secondary N) is 1. The van der Waals surface area contributed by atoms with Crippen LogP contribution in [0.5, 0.6) is 17.2 Å². The van der Waals surface area contributed by atoms with Crippen molar-refractivity contribution in [2.45, 2.75) is 33.1 Å². The Morgan fingerprint density at radius 2 is 1.67 bits per heavy atom. The van der Waals surface area contributed by atoms with Crippen molar-refractivity contribution in [3.63, 3.8) is 0 Å². The van der Waals surface area contributed by atoms with Crippen LogP contribution in [-0.2, 0) is 19.3 Å². The topological polar surface area (TPSA) is 64.1 Å². The number of phenols is 1. The lowest BCUT2D eigenvalue weighted by Crippen LogP contribution is -3.06. The highest BCUT2D eigenvalue weighted by atomic mass is 35.5. The maximum Gasteiger partial charge on any atom is 0.453 e. The van der Waals surface area contributed by atoms with Crippen molar-refractivity contribution < 1.29 is 32.3 Å². The molecule has 5 nitrogen and oxygen atoms in total. The van der Waals surface area contributed by atoms with Crippen LogP contribution in [0.25, 0.3) is 11.0 Å². The molecule has 1 heterocycles. The zero-order valence-corrected chi connectivity index (χ0v) is 20.6. The van der Waals surface area contributed by atoms with Gasteiger partial charge in [0.15, 0.2) is 5.58 Å². The quantitative estimate of drug-likeness (QED) is 0.339. The van der Waals surface area contributed by atoms with Gasteiger partial charge in [0.25, 0.3) is 5.76 Å². The van der Waals surface area contributed by atoms with E-state index in [2.05, 4.69) is 0 Å². The number of halogens is 4. The van der Waals surface area contributed by atoms with Crippen molar-refractivity contribution in [2.24, 2.45) is 0 Å². The maximum atomic E-state index is 14.1. The molecule has 9 heteroatoms. The smallest absolute Gasteiger partial charge is 0.453 e. The van der Waals surface area contributed by atoms with E-state index in [4.69, 9.17) is 20.8 Å². The number of fused-ring (bicyclic) bond motifs is 1. The minimum atomic E-state index is -5.02. The minimum absolute atomic E-state index is 0.0255. The predicted molar refractivity (Wildman–Crippen MR) is 131 cm³/mol. The van der Waals surface area contributed by atoms with Gasteiger partial charge < -0.3 is 19.2 Å². The molecule has 0 amide bonds. The Kier molecular flexibility index (Phi) is 7.02. The van der Waals surface area contributed by atoms with Crippen molar-refractivity contribution in [2.75, 3.05) is 7.05 Å². The van der Waals surface area contributed by atoms with Gasteiger partial charge in [-0.15, -0.1) is 0 Å². The molecule has 0 spiro atoms. The van der Waals surface area contributed by atoms with Gasteiger partial charge in [0.1, 0.15) is 24.6 Å². The molecule has 0 aliphatic carbocycles. The Labute approximate surface area is 210 Å². The Balaban J connectivity index is 1.83. The first kappa shape index (κ1) is 25.6. The molecule has 2 N–H and O–H groups in total. The number of benzene rings is 3. The molecular weight excluding hydrogens is 495 g/mol. The highest BCUT2D eigenvalue weighted by Crippen LogP contribution is 2.40. The fourth-order valence-corrected chi connectivity index (χ4v) is 4.24. The zero-order chi connectivity index (χ0) is 26.2. The number of phenolic OH excluding ortho intramolecular Hbond substituents is 1. The number of hydrogen-bond donors (Lipinski definition) is 2. The third-order valence-corrected chi connectivity index (χ3v) is 6.41. The molecular formula is C27H24ClF3NO4+. The first-order valence-electron chi connectivity index (χ1n) is 11.1. The summed E-state index contributed by atoms with van der Waals surface area (Å²) in [6.07, 6.45) is -5.02. The van der Waals surface area contributed by atoms with E-state index in [1.807, 2.05) is 37.4 Å². The molecule has 4 aromatic rings. The Morgan fingerprint density at radius 3 is 2.28 bits per heavy atom. The first-order chi connectivity index (χ1) is 17.0. The number of rotatable bonds is 6. The number of ether oxygens (including phenoxy) is 1. The molecule has 1 atom stereocenters. The van der Waals surface area contributed by atoms with E-state index in [-0.39, 0.29) is 34.6 Å². The molecule has 0 radical (unpaired) electrons. The largest absolute Gasteiger partial charge is 0.507 e. The second-order valence-corrected chi connectivity index (χ2v) is 9.17. The molecule has 0 aliphatic rings. The average molecular weight is 519 g/mol. The molecule has 0 aliphatic heterocycles. The van der Waals surface area contributed by atoms with Gasteiger partial charge in [-0.2, -0.15) is 13.2 Å². The van der Waals surface area contributed by atoms with Crippen molar-refractivity contribution in [3.8, 4) is 17.2 Å². The molecule has 3 aromatic carbocycles. The normalized spacial score (nSPS) is 12.6. The molecule has 0 bridgehead atoms. The maximum absolute atomic E-state index is 14.1. The van der Waals surface area contributed by atoms with Crippen LogP contribution in [-0.4, -0.2) is 12.2 Å². The van der Waals surface area contributed by atoms with Gasteiger partial charge in [0.2, 0.25) is 11.2 Å². The lowest BCUT2D eigenvalue weighted by molar-refractivity contribution is -0.907. The van der Waals surface area contributed by atoms with E-state index in [1.54, 1.807) is 13.8 Å². The zero-order valence-electron chi connectivity index (χ0n) is 19.8. The summed E-state index contributed by atoms with van der Waals surface area (Å²) in [6, 6.07) is 14.9. The molecule has 4 rings (SSSR count). The summed E-state index contributed by atoms with van der Waals surface area (Å²) in [7, 11) is 1.83. The van der Waals surface area contributed by atoms with E-state index in [1.165, 1.54) is 24.3 Å². The second-order valence-electron chi connectivity index (χ2n) is 8.80. The fourth-order valence-electron chi connectivity index (χ4n) is 4.13. The molecule has 0 fully saturated rings. The third kappa shape index (κ3) is 5.20. The van der Waals surface area contributed by atoms with Crippen molar-refractivity contribution in [1.29, 1.82) is 0 Å². The fraction of sp³-hybridized carbons (Fsp3) is 0.222. The van der Waals surface area contributed by atoms with E-state index in [0.717, 1.165) is 10.5 Å². The van der Waals surface area contributed by atoms with Crippen LogP contribution in [0, 0.1) is 13.8 Å². The van der Waals surface area contributed by atoms with E-state index in [9.17, 15) is 23.1 Å². The standard InChI is InChI=1S/C27H23ClF3NO4/c1-15-11-18(12-16(2)22(15)28)35-25-23(34)19-9-10-21(33)20(24(19)36-26(25)27(29,30)31)14-32(3)13-17-7-5-4-6-8-17/h4-12,33H,13-14H2,1-3H3/p+1. The predicted octanol–water partition coefficient (Wildman–Crippen LogP) is 5.79. The third-order valence-electron chi connectivity index (χ3n) is 5.81. The van der Waals surface area contributed by atoms with Crippen molar-refractivity contribution >= 4 is 22.6 Å². The van der Waals surface area contributed by atoms with Gasteiger partial charge in [-0.25, -0.2) is 0 Å². The van der Waals surface area contributed by atoms with Crippen molar-refractivity contribution in [3.05, 3.63) is 97.9 Å². The van der Waals surface area contributed by atoms with Crippen LogP contribution >= 0.6 is 11.6 Å². The molecule has 188 valence electrons. The first-order valence-corrected chi connectivity index (χ1v) is 11.5. The molecule has 1 aromatic heterocycles. The van der Waals surface area contributed by atoms with Crippen LogP contribution in [0.4, 0.5) is 13.2 Å². The van der Waals surface area contributed by atoms with Crippen LogP contribution in [0.2, 0.25) is 5.02 Å². The van der Waals surface area contributed by atoms with Crippen molar-refractivity contribution in [1.82, 2.24) is 0 Å². The summed E-state index contributed by atoms with van der Waals surface area (Å²) in [6.45, 7) is 4.02. The van der Waals surface area contributed by atoms with Gasteiger partial charge in [-0.3, -0.25) is 4.79 Å². The Hall–Kier alpha value is -3.49. The molecule has 36 heavy (non-hydrogen) atoms. The van der Waals surface area contributed by atoms with Crippen LogP contribution in [0.3, 0.4) is 0 Å². The summed E-state index contributed by atoms with van der Waals surface area (Å²) in [5.41, 5.74) is 0.972. The average Bonchev–Trinajstić information content (AvgIpc) is 2.80. The van der Waals surface area contributed by atoms with Gasteiger partial charge in [-0.05, 0) is 49.2 Å². The van der Waals surface area contributed by atoms with E-state index < -0.39 is 23.1 Å². The van der Waals surface area contributed by atoms with Crippen LogP contribution in [0.1, 0.15) is 28.0 Å². The van der Waals surface area contributed by atoms with Gasteiger partial charge in [0, 0.05) is 10.6 Å². The number of alkyl halides is 3. The van der Waals surface area contributed by atoms with Crippen LogP contribution < -0.4 is 15.1 Å². The Bertz CT molecular complexity index is 1460. The Morgan fingerprint density at radius 1 is 1.03 bits per heavy atom. The second kappa shape index (κ2) is 9.87. The van der Waals surface area contributed by atoms with Gasteiger partial charge >= 0.3 is 6.18 Å². The monoisotopic (exact) mass is 518 g/mol. The highest BCUT2D eigenvalue weighted by Gasteiger charge is 2.41. The summed E-state index contributed by atoms with van der Waals surface area (Å²) < 4.78 is 53.0. The lowest BCUT2D eigenvalue weighted by atomic mass is 10.1. The van der Waals surface area contributed by atoms with E-state index >= 15 is 0 Å². The summed E-state index contributed by atoms with van der Waals surface area (Å²) in [5, 5.41) is 10.8.